The van der Waals surface area contributed by atoms with E-state index in [-0.39, 0.29) is 51.2 Å². The molecule has 1 fully saturated rings. The average Bonchev–Trinajstić information content (AvgIpc) is 3.04. The summed E-state index contributed by atoms with van der Waals surface area (Å²) in [7, 11) is 0. The Kier molecular flexibility index (Phi) is 16.8. The summed E-state index contributed by atoms with van der Waals surface area (Å²) in [5.41, 5.74) is 1.61. The van der Waals surface area contributed by atoms with Gasteiger partial charge in [0.2, 0.25) is 17.7 Å². The van der Waals surface area contributed by atoms with Gasteiger partial charge < -0.3 is 30.7 Å². The van der Waals surface area contributed by atoms with Crippen molar-refractivity contribution in [1.82, 2.24) is 21.3 Å². The highest BCUT2D eigenvalue weighted by molar-refractivity contribution is 5.92. The molecule has 4 atom stereocenters. The summed E-state index contributed by atoms with van der Waals surface area (Å²) in [4.78, 5) is 64.7. The molecule has 47 heavy (non-hydrogen) atoms. The van der Waals surface area contributed by atoms with Gasteiger partial charge in [-0.3, -0.25) is 14.4 Å². The van der Waals surface area contributed by atoms with Crippen molar-refractivity contribution in [2.45, 2.75) is 85.0 Å². The smallest absolute Gasteiger partial charge is 0.408 e. The fourth-order valence-corrected chi connectivity index (χ4v) is 5.16. The molecule has 3 rings (SSSR count). The predicted octanol–water partition coefficient (Wildman–Crippen LogP) is 4.21. The fraction of sp³-hybridized carbons (Fsp3) is 0.472. The second-order valence-electron chi connectivity index (χ2n) is 11.7. The Balaban J connectivity index is 0.00000768. The highest BCUT2D eigenvalue weighted by Crippen LogP contribution is 2.19. The number of ether oxygens (including phenoxy) is 2. The van der Waals surface area contributed by atoms with E-state index >= 15 is 0 Å². The van der Waals surface area contributed by atoms with Gasteiger partial charge in [-0.2, -0.15) is 0 Å². The van der Waals surface area contributed by atoms with E-state index in [1.54, 1.807) is 6.92 Å². The molecule has 2 aromatic carbocycles. The van der Waals surface area contributed by atoms with Crippen molar-refractivity contribution in [3.05, 3.63) is 83.9 Å². The van der Waals surface area contributed by atoms with Gasteiger partial charge >= 0.3 is 12.1 Å². The lowest BCUT2D eigenvalue weighted by atomic mass is 9.91. The predicted molar refractivity (Wildman–Crippen MR) is 180 cm³/mol. The molecule has 1 heterocycles. The summed E-state index contributed by atoms with van der Waals surface area (Å²) in [6, 6.07) is 15.8. The summed E-state index contributed by atoms with van der Waals surface area (Å²) < 4.78 is 10.3. The number of benzene rings is 2. The molecule has 4 amide bonds. The zero-order valence-electron chi connectivity index (χ0n) is 26.8. The van der Waals surface area contributed by atoms with Gasteiger partial charge in [-0.1, -0.05) is 88.0 Å². The number of carbonyl (C=O) groups excluding carboxylic acids is 5. The van der Waals surface area contributed by atoms with Crippen LogP contribution in [0.15, 0.2) is 72.8 Å². The number of hydrogen-bond acceptors (Lipinski definition) is 7. The third kappa shape index (κ3) is 14.1. The van der Waals surface area contributed by atoms with Crippen LogP contribution >= 0.6 is 0 Å². The van der Waals surface area contributed by atoms with E-state index < -0.39 is 42.0 Å². The number of rotatable bonds is 16. The van der Waals surface area contributed by atoms with Gasteiger partial charge in [0.05, 0.1) is 6.61 Å². The molecule has 0 bridgehead atoms. The monoisotopic (exact) mass is 650 g/mol. The molecule has 0 aliphatic carbocycles. The zero-order valence-corrected chi connectivity index (χ0v) is 26.8. The molecular weight excluding hydrogens is 600 g/mol. The van der Waals surface area contributed by atoms with Crippen molar-refractivity contribution in [1.29, 1.82) is 0 Å². The first-order chi connectivity index (χ1) is 22.1. The van der Waals surface area contributed by atoms with Gasteiger partial charge in [-0.15, -0.1) is 0 Å². The first-order valence-electron chi connectivity index (χ1n) is 15.9. The normalized spacial score (nSPS) is 16.2. The SMILES string of the molecule is C.CCOC(=O)/C=C/[C@H](C[C@@H]1CCCNC1=O)NC(=O)[C@H](Cc1ccccc1)NC(=O)[C@H](CC(C)C)NC(=O)OCc1ccccc1. The van der Waals surface area contributed by atoms with Crippen LogP contribution in [-0.2, 0) is 41.7 Å². The summed E-state index contributed by atoms with van der Waals surface area (Å²) >= 11 is 0. The molecule has 1 aliphatic rings. The van der Waals surface area contributed by atoms with E-state index in [9.17, 15) is 24.0 Å². The van der Waals surface area contributed by atoms with Gasteiger partial charge in [0.25, 0.3) is 0 Å². The molecular formula is C36H50N4O7. The molecule has 11 heteroatoms. The number of hydrogen-bond donors (Lipinski definition) is 4. The van der Waals surface area contributed by atoms with Crippen molar-refractivity contribution in [2.24, 2.45) is 11.8 Å². The Morgan fingerprint density at radius 3 is 2.15 bits per heavy atom. The number of esters is 1. The lowest BCUT2D eigenvalue weighted by molar-refractivity contribution is -0.137. The van der Waals surface area contributed by atoms with Gasteiger partial charge in [-0.25, -0.2) is 9.59 Å². The number of alkyl carbamates (subject to hydrolysis) is 1. The zero-order chi connectivity index (χ0) is 33.3. The van der Waals surface area contributed by atoms with E-state index in [1.807, 2.05) is 74.5 Å². The third-order valence-corrected chi connectivity index (χ3v) is 7.46. The highest BCUT2D eigenvalue weighted by atomic mass is 16.5. The maximum Gasteiger partial charge on any atom is 0.408 e. The first-order valence-corrected chi connectivity index (χ1v) is 15.9. The number of carbonyl (C=O) groups is 5. The minimum atomic E-state index is -1.02. The summed E-state index contributed by atoms with van der Waals surface area (Å²) in [6.07, 6.45) is 4.22. The van der Waals surface area contributed by atoms with Crippen LogP contribution in [0.5, 0.6) is 0 Å². The molecule has 0 spiro atoms. The van der Waals surface area contributed by atoms with Crippen molar-refractivity contribution in [3.63, 3.8) is 0 Å². The van der Waals surface area contributed by atoms with Gasteiger partial charge in [0.15, 0.2) is 0 Å². The first kappa shape index (κ1) is 38.5. The van der Waals surface area contributed by atoms with Crippen LogP contribution in [0.3, 0.4) is 0 Å². The molecule has 4 N–H and O–H groups in total. The van der Waals surface area contributed by atoms with Crippen molar-refractivity contribution in [2.75, 3.05) is 13.2 Å². The Morgan fingerprint density at radius 2 is 1.53 bits per heavy atom. The van der Waals surface area contributed by atoms with E-state index in [4.69, 9.17) is 9.47 Å². The Hall–Kier alpha value is -4.67. The van der Waals surface area contributed by atoms with Crippen LogP contribution in [0.1, 0.15) is 65.0 Å². The Labute approximate surface area is 278 Å². The average molecular weight is 651 g/mol. The summed E-state index contributed by atoms with van der Waals surface area (Å²) in [5, 5.41) is 11.3. The van der Waals surface area contributed by atoms with Gasteiger partial charge in [0, 0.05) is 31.0 Å². The quantitative estimate of drug-likeness (QED) is 0.157. The largest absolute Gasteiger partial charge is 0.463 e. The summed E-state index contributed by atoms with van der Waals surface area (Å²) in [6.45, 7) is 6.38. The maximum atomic E-state index is 13.8. The number of amides is 4. The molecule has 1 aliphatic heterocycles. The van der Waals surface area contributed by atoms with E-state index in [0.717, 1.165) is 17.5 Å². The highest BCUT2D eigenvalue weighted by Gasteiger charge is 2.31. The van der Waals surface area contributed by atoms with Crippen LogP contribution in [0.4, 0.5) is 4.79 Å². The lowest BCUT2D eigenvalue weighted by Gasteiger charge is -2.28. The molecule has 0 unspecified atom stereocenters. The fourth-order valence-electron chi connectivity index (χ4n) is 5.16. The van der Waals surface area contributed by atoms with Crippen LogP contribution in [0.2, 0.25) is 0 Å². The van der Waals surface area contributed by atoms with E-state index in [2.05, 4.69) is 21.3 Å². The van der Waals surface area contributed by atoms with E-state index in [0.29, 0.717) is 19.4 Å². The number of nitrogens with one attached hydrogen (secondary N) is 4. The molecule has 0 radical (unpaired) electrons. The van der Waals surface area contributed by atoms with Gasteiger partial charge in [0.1, 0.15) is 18.7 Å². The molecule has 256 valence electrons. The topological polar surface area (TPSA) is 152 Å². The van der Waals surface area contributed by atoms with Crippen molar-refractivity contribution in [3.8, 4) is 0 Å². The molecule has 11 nitrogen and oxygen atoms in total. The molecule has 0 saturated carbocycles. The third-order valence-electron chi connectivity index (χ3n) is 7.46. The second kappa shape index (κ2) is 20.5. The minimum Gasteiger partial charge on any atom is -0.463 e. The standard InChI is InChI=1S/C35H46N4O7.CH4/c1-4-45-31(40)18-17-28(22-27-16-11-19-36-32(27)41)37-33(42)30(21-25-12-7-5-8-13-25)38-34(43)29(20-24(2)3)39-35(44)46-23-26-14-9-6-10-15-26;/h5-10,12-15,17-18,24,27-30H,4,11,16,19-23H2,1-3H3,(H,36,41)(H,37,42)(H,38,43)(H,39,44);1H4/b18-17+;/t27-,28+,29-,30-;/m0./s1. The van der Waals surface area contributed by atoms with Gasteiger partial charge in [-0.05, 0) is 49.7 Å². The Bertz CT molecular complexity index is 1320. The number of piperidine rings is 1. The maximum absolute atomic E-state index is 13.8. The minimum absolute atomic E-state index is 0. The lowest BCUT2D eigenvalue weighted by Crippen LogP contribution is -2.56. The van der Waals surface area contributed by atoms with E-state index in [1.165, 1.54) is 12.2 Å². The molecule has 0 aromatic heterocycles. The second-order valence-corrected chi connectivity index (χ2v) is 11.7. The molecule has 2 aromatic rings. The van der Waals surface area contributed by atoms with Crippen molar-refractivity contribution >= 4 is 29.8 Å². The van der Waals surface area contributed by atoms with Crippen molar-refractivity contribution < 1.29 is 33.4 Å². The molecule has 1 saturated heterocycles. The van der Waals surface area contributed by atoms with Crippen LogP contribution in [0, 0.1) is 11.8 Å². The summed E-state index contributed by atoms with van der Waals surface area (Å²) in [5.74, 6) is -2.01. The van der Waals surface area contributed by atoms with Crippen LogP contribution in [-0.4, -0.2) is 61.1 Å². The van der Waals surface area contributed by atoms with Crippen LogP contribution in [0.25, 0.3) is 0 Å². The Morgan fingerprint density at radius 1 is 0.894 bits per heavy atom. The van der Waals surface area contributed by atoms with Crippen LogP contribution < -0.4 is 21.3 Å².